The highest BCUT2D eigenvalue weighted by molar-refractivity contribution is 5.47. The van der Waals surface area contributed by atoms with Gasteiger partial charge < -0.3 is 10.6 Å². The van der Waals surface area contributed by atoms with Gasteiger partial charge >= 0.3 is 0 Å². The van der Waals surface area contributed by atoms with Crippen molar-refractivity contribution in [1.29, 1.82) is 0 Å². The Labute approximate surface area is 118 Å². The van der Waals surface area contributed by atoms with Gasteiger partial charge in [-0.05, 0) is 37.8 Å². The maximum Gasteiger partial charge on any atom is 0.131 e. The summed E-state index contributed by atoms with van der Waals surface area (Å²) in [7, 11) is 0. The zero-order chi connectivity index (χ0) is 14.1. The topological polar surface area (TPSA) is 42.2 Å². The van der Waals surface area contributed by atoms with Gasteiger partial charge in [-0.3, -0.25) is 0 Å². The van der Waals surface area contributed by atoms with E-state index in [1.54, 1.807) is 0 Å². The number of pyridine rings is 1. The molecule has 1 rings (SSSR count). The molecule has 0 radical (unpaired) electrons. The maximum absolute atomic E-state index is 5.95. The Kier molecular flexibility index (Phi) is 7.49. The summed E-state index contributed by atoms with van der Waals surface area (Å²) in [4.78, 5) is 7.04. The Balaban J connectivity index is 2.85. The fraction of sp³-hybridized carbons (Fsp3) is 0.688. The van der Waals surface area contributed by atoms with E-state index in [1.165, 1.54) is 31.2 Å². The summed E-state index contributed by atoms with van der Waals surface area (Å²) in [6.07, 6.45) is 7.68. The molecule has 0 spiro atoms. The van der Waals surface area contributed by atoms with Crippen molar-refractivity contribution < 1.29 is 0 Å². The van der Waals surface area contributed by atoms with Crippen LogP contribution in [0.3, 0.4) is 0 Å². The average Bonchev–Trinajstić information content (AvgIpc) is 2.39. The molecule has 0 aromatic carbocycles. The van der Waals surface area contributed by atoms with E-state index in [1.807, 2.05) is 12.3 Å². The highest BCUT2D eigenvalue weighted by Crippen LogP contribution is 2.19. The molecule has 0 saturated heterocycles. The lowest BCUT2D eigenvalue weighted by Crippen LogP contribution is -2.29. The van der Waals surface area contributed by atoms with E-state index >= 15 is 0 Å². The minimum absolute atomic E-state index is 0.183. The lowest BCUT2D eigenvalue weighted by Gasteiger charge is -2.26. The standard InChI is InChI=1S/C16H29N3/c1-4-6-11-19(12-7-5-2)16-15(13-14(3)17)9-8-10-18-16/h8-10,14H,4-7,11-13,17H2,1-3H3. The van der Waals surface area contributed by atoms with E-state index in [2.05, 4.69) is 36.7 Å². The van der Waals surface area contributed by atoms with Crippen LogP contribution in [0.1, 0.15) is 52.0 Å². The molecule has 0 aliphatic rings. The number of aromatic nitrogens is 1. The van der Waals surface area contributed by atoms with Crippen LogP contribution in [0.15, 0.2) is 18.3 Å². The van der Waals surface area contributed by atoms with Crippen molar-refractivity contribution in [2.45, 2.75) is 58.9 Å². The van der Waals surface area contributed by atoms with Crippen molar-refractivity contribution in [3.63, 3.8) is 0 Å². The Hall–Kier alpha value is -1.09. The van der Waals surface area contributed by atoms with E-state index in [0.717, 1.165) is 25.3 Å². The van der Waals surface area contributed by atoms with Crippen LogP contribution < -0.4 is 10.6 Å². The Morgan fingerprint density at radius 3 is 2.37 bits per heavy atom. The fourth-order valence-electron chi connectivity index (χ4n) is 2.24. The molecule has 0 fully saturated rings. The van der Waals surface area contributed by atoms with Crippen LogP contribution in [0.4, 0.5) is 5.82 Å². The summed E-state index contributed by atoms with van der Waals surface area (Å²) >= 11 is 0. The first-order valence-electron chi connectivity index (χ1n) is 7.63. The van der Waals surface area contributed by atoms with Gasteiger partial charge in [-0.15, -0.1) is 0 Å². The zero-order valence-corrected chi connectivity index (χ0v) is 12.7. The van der Waals surface area contributed by atoms with Crippen LogP contribution >= 0.6 is 0 Å². The molecular formula is C16H29N3. The molecule has 1 aromatic rings. The van der Waals surface area contributed by atoms with Gasteiger partial charge in [0.05, 0.1) is 0 Å². The predicted molar refractivity (Wildman–Crippen MR) is 83.6 cm³/mol. The fourth-order valence-corrected chi connectivity index (χ4v) is 2.24. The number of nitrogens with two attached hydrogens (primary N) is 1. The minimum atomic E-state index is 0.183. The van der Waals surface area contributed by atoms with Crippen molar-refractivity contribution in [3.05, 3.63) is 23.9 Å². The van der Waals surface area contributed by atoms with Crippen LogP contribution in [0.25, 0.3) is 0 Å². The normalized spacial score (nSPS) is 12.4. The largest absolute Gasteiger partial charge is 0.356 e. The third kappa shape index (κ3) is 5.60. The molecule has 3 nitrogen and oxygen atoms in total. The monoisotopic (exact) mass is 263 g/mol. The van der Waals surface area contributed by atoms with Crippen molar-refractivity contribution in [1.82, 2.24) is 4.98 Å². The number of rotatable bonds is 9. The van der Waals surface area contributed by atoms with Crippen LogP contribution in [-0.4, -0.2) is 24.1 Å². The first kappa shape index (κ1) is 16.0. The van der Waals surface area contributed by atoms with Gasteiger partial charge in [0.25, 0.3) is 0 Å². The van der Waals surface area contributed by atoms with Crippen LogP contribution in [0, 0.1) is 0 Å². The molecule has 0 amide bonds. The molecular weight excluding hydrogens is 234 g/mol. The van der Waals surface area contributed by atoms with Gasteiger partial charge in [0.2, 0.25) is 0 Å². The lowest BCUT2D eigenvalue weighted by atomic mass is 10.1. The van der Waals surface area contributed by atoms with Crippen LogP contribution in [-0.2, 0) is 6.42 Å². The number of unbranched alkanes of at least 4 members (excludes halogenated alkanes) is 2. The molecule has 0 bridgehead atoms. The predicted octanol–water partition coefficient (Wildman–Crippen LogP) is 3.38. The smallest absolute Gasteiger partial charge is 0.131 e. The van der Waals surface area contributed by atoms with Crippen LogP contribution in [0.5, 0.6) is 0 Å². The molecule has 1 aromatic heterocycles. The van der Waals surface area contributed by atoms with Gasteiger partial charge in [0, 0.05) is 25.3 Å². The molecule has 2 N–H and O–H groups in total. The molecule has 19 heavy (non-hydrogen) atoms. The molecule has 1 unspecified atom stereocenters. The summed E-state index contributed by atoms with van der Waals surface area (Å²) in [6.45, 7) is 8.72. The summed E-state index contributed by atoms with van der Waals surface area (Å²) in [5.74, 6) is 1.14. The molecule has 0 aliphatic carbocycles. The highest BCUT2D eigenvalue weighted by atomic mass is 15.2. The van der Waals surface area contributed by atoms with E-state index in [0.29, 0.717) is 0 Å². The number of anilines is 1. The molecule has 0 aliphatic heterocycles. The zero-order valence-electron chi connectivity index (χ0n) is 12.7. The SMILES string of the molecule is CCCCN(CCCC)c1ncccc1CC(C)N. The third-order valence-electron chi connectivity index (χ3n) is 3.27. The second-order valence-electron chi connectivity index (χ2n) is 5.36. The van der Waals surface area contributed by atoms with E-state index < -0.39 is 0 Å². The number of hydrogen-bond donors (Lipinski definition) is 1. The number of nitrogens with zero attached hydrogens (tertiary/aromatic N) is 2. The van der Waals surface area contributed by atoms with Crippen molar-refractivity contribution in [2.75, 3.05) is 18.0 Å². The molecule has 1 heterocycles. The average molecular weight is 263 g/mol. The maximum atomic E-state index is 5.95. The number of hydrogen-bond acceptors (Lipinski definition) is 3. The third-order valence-corrected chi connectivity index (χ3v) is 3.27. The second-order valence-corrected chi connectivity index (χ2v) is 5.36. The molecule has 3 heteroatoms. The summed E-state index contributed by atoms with van der Waals surface area (Å²) in [5.41, 5.74) is 7.23. The van der Waals surface area contributed by atoms with Gasteiger partial charge in [-0.25, -0.2) is 4.98 Å². The lowest BCUT2D eigenvalue weighted by molar-refractivity contribution is 0.661. The van der Waals surface area contributed by atoms with Crippen LogP contribution in [0.2, 0.25) is 0 Å². The molecule has 1 atom stereocenters. The van der Waals surface area contributed by atoms with E-state index in [-0.39, 0.29) is 6.04 Å². The summed E-state index contributed by atoms with van der Waals surface area (Å²) < 4.78 is 0. The quantitative estimate of drug-likeness (QED) is 0.742. The van der Waals surface area contributed by atoms with Gasteiger partial charge in [-0.2, -0.15) is 0 Å². The Morgan fingerprint density at radius 2 is 1.84 bits per heavy atom. The molecule has 0 saturated carbocycles. The first-order chi connectivity index (χ1) is 9.19. The summed E-state index contributed by atoms with van der Waals surface area (Å²) in [6, 6.07) is 4.36. The van der Waals surface area contributed by atoms with Crippen molar-refractivity contribution in [3.8, 4) is 0 Å². The highest BCUT2D eigenvalue weighted by Gasteiger charge is 2.12. The van der Waals surface area contributed by atoms with Crippen molar-refractivity contribution in [2.24, 2.45) is 5.73 Å². The Morgan fingerprint density at radius 1 is 1.21 bits per heavy atom. The van der Waals surface area contributed by atoms with Crippen molar-refractivity contribution >= 4 is 5.82 Å². The Bertz CT molecular complexity index is 342. The minimum Gasteiger partial charge on any atom is -0.356 e. The summed E-state index contributed by atoms with van der Waals surface area (Å²) in [5, 5.41) is 0. The van der Waals surface area contributed by atoms with Gasteiger partial charge in [0.1, 0.15) is 5.82 Å². The van der Waals surface area contributed by atoms with E-state index in [4.69, 9.17) is 5.73 Å². The molecule has 108 valence electrons. The van der Waals surface area contributed by atoms with E-state index in [9.17, 15) is 0 Å². The second kappa shape index (κ2) is 8.92. The first-order valence-corrected chi connectivity index (χ1v) is 7.63. The van der Waals surface area contributed by atoms with Gasteiger partial charge in [-0.1, -0.05) is 32.8 Å². The van der Waals surface area contributed by atoms with Gasteiger partial charge in [0.15, 0.2) is 0 Å².